The summed E-state index contributed by atoms with van der Waals surface area (Å²) in [6, 6.07) is 13.4. The molecule has 0 aliphatic heterocycles. The number of halogens is 2. The van der Waals surface area contributed by atoms with Crippen molar-refractivity contribution in [3.05, 3.63) is 74.2 Å². The highest BCUT2D eigenvalue weighted by molar-refractivity contribution is 7.71. The number of benzene rings is 2. The smallest absolute Gasteiger partial charge is 0.217 e. The second-order valence-electron chi connectivity index (χ2n) is 6.36. The number of aromatic nitrogens is 3. The normalized spacial score (nSPS) is 11.1. The zero-order chi connectivity index (χ0) is 19.4. The molecule has 0 atom stereocenters. The van der Waals surface area contributed by atoms with E-state index in [1.807, 2.05) is 61.1 Å². The molecule has 0 aliphatic rings. The lowest BCUT2D eigenvalue weighted by atomic mass is 10.2. The van der Waals surface area contributed by atoms with Gasteiger partial charge in [-0.25, -0.2) is 9.67 Å². The van der Waals surface area contributed by atoms with Gasteiger partial charge in [0.15, 0.2) is 5.82 Å². The lowest BCUT2D eigenvalue weighted by molar-refractivity contribution is 0.241. The SMILES string of the molecule is Cc1cc(OCc2nc(=S)n(CN(C)Cc3ccc(Cl)cc3)[nH]2)ccc1Cl. The quantitative estimate of drug-likeness (QED) is 0.529. The van der Waals surface area contributed by atoms with Crippen LogP contribution in [0.15, 0.2) is 42.5 Å². The summed E-state index contributed by atoms with van der Waals surface area (Å²) in [6.45, 7) is 3.61. The molecule has 0 fully saturated rings. The summed E-state index contributed by atoms with van der Waals surface area (Å²) >= 11 is 17.3. The van der Waals surface area contributed by atoms with Gasteiger partial charge in [-0.1, -0.05) is 35.3 Å². The average molecular weight is 423 g/mol. The molecule has 8 heteroatoms. The van der Waals surface area contributed by atoms with Crippen LogP contribution in [0.25, 0.3) is 0 Å². The molecule has 5 nitrogen and oxygen atoms in total. The van der Waals surface area contributed by atoms with Crippen molar-refractivity contribution >= 4 is 35.4 Å². The molecule has 0 aliphatic carbocycles. The van der Waals surface area contributed by atoms with E-state index in [0.29, 0.717) is 23.9 Å². The highest BCUT2D eigenvalue weighted by Gasteiger charge is 2.07. The molecule has 1 N–H and O–H groups in total. The number of hydrogen-bond donors (Lipinski definition) is 1. The van der Waals surface area contributed by atoms with Gasteiger partial charge in [-0.15, -0.1) is 0 Å². The Bertz CT molecular complexity index is 969. The third-order valence-electron chi connectivity index (χ3n) is 3.98. The van der Waals surface area contributed by atoms with Crippen LogP contribution in [-0.2, 0) is 19.8 Å². The summed E-state index contributed by atoms with van der Waals surface area (Å²) in [5.74, 6) is 1.41. The third kappa shape index (κ3) is 5.56. The molecule has 1 aromatic heterocycles. The van der Waals surface area contributed by atoms with Gasteiger partial charge in [-0.3, -0.25) is 10.00 Å². The molecular weight excluding hydrogens is 403 g/mol. The summed E-state index contributed by atoms with van der Waals surface area (Å²) in [5, 5.41) is 4.64. The zero-order valence-electron chi connectivity index (χ0n) is 15.1. The van der Waals surface area contributed by atoms with Crippen molar-refractivity contribution in [1.82, 2.24) is 19.7 Å². The summed E-state index contributed by atoms with van der Waals surface area (Å²) in [7, 11) is 2.02. The second kappa shape index (κ2) is 8.89. The minimum atomic E-state index is 0.304. The average Bonchev–Trinajstić information content (AvgIpc) is 2.97. The minimum absolute atomic E-state index is 0.304. The Kier molecular flexibility index (Phi) is 6.55. The molecule has 0 saturated carbocycles. The van der Waals surface area contributed by atoms with E-state index >= 15 is 0 Å². The monoisotopic (exact) mass is 422 g/mol. The second-order valence-corrected chi connectivity index (χ2v) is 7.57. The topological polar surface area (TPSA) is 46.1 Å². The van der Waals surface area contributed by atoms with Gasteiger partial charge in [0.25, 0.3) is 0 Å². The fourth-order valence-electron chi connectivity index (χ4n) is 2.62. The molecule has 142 valence electrons. The number of H-pyrrole nitrogens is 1. The lowest BCUT2D eigenvalue weighted by Crippen LogP contribution is -2.22. The molecule has 0 bridgehead atoms. The van der Waals surface area contributed by atoms with Crippen molar-refractivity contribution < 1.29 is 4.74 Å². The molecule has 2 aromatic carbocycles. The van der Waals surface area contributed by atoms with E-state index in [0.717, 1.165) is 27.9 Å². The lowest BCUT2D eigenvalue weighted by Gasteiger charge is -2.17. The fourth-order valence-corrected chi connectivity index (χ4v) is 3.07. The van der Waals surface area contributed by atoms with E-state index in [1.165, 1.54) is 5.56 Å². The first kappa shape index (κ1) is 19.9. The van der Waals surface area contributed by atoms with Crippen LogP contribution < -0.4 is 4.74 Å². The molecule has 1 heterocycles. The van der Waals surface area contributed by atoms with E-state index in [2.05, 4.69) is 15.0 Å². The Morgan fingerprint density at radius 1 is 1.19 bits per heavy atom. The van der Waals surface area contributed by atoms with E-state index in [4.69, 9.17) is 40.2 Å². The van der Waals surface area contributed by atoms with Crippen molar-refractivity contribution in [2.75, 3.05) is 7.05 Å². The summed E-state index contributed by atoms with van der Waals surface area (Å²) in [6.07, 6.45) is 0. The first-order chi connectivity index (χ1) is 12.9. The van der Waals surface area contributed by atoms with Crippen LogP contribution in [0.1, 0.15) is 17.0 Å². The van der Waals surface area contributed by atoms with Crippen LogP contribution in [-0.4, -0.2) is 26.7 Å². The van der Waals surface area contributed by atoms with Crippen LogP contribution >= 0.6 is 35.4 Å². The number of aromatic amines is 1. The minimum Gasteiger partial charge on any atom is -0.486 e. The molecule has 0 radical (unpaired) electrons. The molecule has 0 amide bonds. The molecule has 0 unspecified atom stereocenters. The molecule has 3 aromatic rings. The van der Waals surface area contributed by atoms with Crippen LogP contribution in [0.4, 0.5) is 0 Å². The van der Waals surface area contributed by atoms with E-state index in [9.17, 15) is 0 Å². The van der Waals surface area contributed by atoms with Crippen LogP contribution in [0.3, 0.4) is 0 Å². The Morgan fingerprint density at radius 2 is 1.93 bits per heavy atom. The van der Waals surface area contributed by atoms with E-state index < -0.39 is 0 Å². The van der Waals surface area contributed by atoms with Gasteiger partial charge in [0, 0.05) is 16.6 Å². The Balaban J connectivity index is 1.59. The summed E-state index contributed by atoms with van der Waals surface area (Å²) < 4.78 is 8.08. The van der Waals surface area contributed by atoms with Gasteiger partial charge in [0.05, 0.1) is 6.67 Å². The van der Waals surface area contributed by atoms with Crippen molar-refractivity contribution in [2.24, 2.45) is 0 Å². The van der Waals surface area contributed by atoms with Crippen LogP contribution in [0.2, 0.25) is 10.0 Å². The standard InChI is InChI=1S/C19H20Cl2N4OS/c1-13-9-16(7-8-17(13)21)26-11-18-22-19(27)25(23-18)12-24(2)10-14-3-5-15(20)6-4-14/h3-9H,10-12H2,1-2H3,(H,22,23,27). The van der Waals surface area contributed by atoms with Gasteiger partial charge in [-0.05, 0) is 67.6 Å². The first-order valence-electron chi connectivity index (χ1n) is 8.38. The fraction of sp³-hybridized carbons (Fsp3) is 0.263. The maximum atomic E-state index is 6.03. The number of nitrogens with zero attached hydrogens (tertiary/aromatic N) is 3. The van der Waals surface area contributed by atoms with Crippen molar-refractivity contribution in [2.45, 2.75) is 26.7 Å². The van der Waals surface area contributed by atoms with Gasteiger partial charge in [0.2, 0.25) is 4.77 Å². The van der Waals surface area contributed by atoms with Gasteiger partial charge in [-0.2, -0.15) is 0 Å². The Labute approximate surface area is 173 Å². The van der Waals surface area contributed by atoms with Gasteiger partial charge >= 0.3 is 0 Å². The predicted molar refractivity (Wildman–Crippen MR) is 111 cm³/mol. The van der Waals surface area contributed by atoms with Gasteiger partial charge < -0.3 is 4.74 Å². The third-order valence-corrected chi connectivity index (χ3v) is 4.97. The molecule has 27 heavy (non-hydrogen) atoms. The maximum absolute atomic E-state index is 6.03. The number of ether oxygens (including phenoxy) is 1. The maximum Gasteiger partial charge on any atom is 0.217 e. The number of rotatable bonds is 7. The molecule has 3 rings (SSSR count). The van der Waals surface area contributed by atoms with Crippen molar-refractivity contribution in [1.29, 1.82) is 0 Å². The first-order valence-corrected chi connectivity index (χ1v) is 9.55. The highest BCUT2D eigenvalue weighted by Crippen LogP contribution is 2.21. The molecule has 0 spiro atoms. The molecular formula is C19H20Cl2N4OS. The van der Waals surface area contributed by atoms with Crippen LogP contribution in [0.5, 0.6) is 5.75 Å². The number of aryl methyl sites for hydroxylation is 1. The zero-order valence-corrected chi connectivity index (χ0v) is 17.4. The Hall–Kier alpha value is -1.86. The predicted octanol–water partition coefficient (Wildman–Crippen LogP) is 5.22. The largest absolute Gasteiger partial charge is 0.486 e. The highest BCUT2D eigenvalue weighted by atomic mass is 35.5. The van der Waals surface area contributed by atoms with E-state index in [1.54, 1.807) is 0 Å². The van der Waals surface area contributed by atoms with Gasteiger partial charge in [0.1, 0.15) is 12.4 Å². The Morgan fingerprint density at radius 3 is 2.63 bits per heavy atom. The van der Waals surface area contributed by atoms with Crippen LogP contribution in [0, 0.1) is 11.7 Å². The summed E-state index contributed by atoms with van der Waals surface area (Å²) in [5.41, 5.74) is 2.14. The number of hydrogen-bond acceptors (Lipinski definition) is 4. The van der Waals surface area contributed by atoms with Crippen molar-refractivity contribution in [3.63, 3.8) is 0 Å². The summed E-state index contributed by atoms with van der Waals surface area (Å²) in [4.78, 5) is 6.49. The number of nitrogens with one attached hydrogen (secondary N) is 1. The van der Waals surface area contributed by atoms with Crippen molar-refractivity contribution in [3.8, 4) is 5.75 Å². The molecule has 0 saturated heterocycles. The van der Waals surface area contributed by atoms with E-state index in [-0.39, 0.29) is 0 Å².